The summed E-state index contributed by atoms with van der Waals surface area (Å²) in [5, 5.41) is 0.969. The second-order valence-corrected chi connectivity index (χ2v) is 7.87. The number of hydrogen-bond donors (Lipinski definition) is 0. The van der Waals surface area contributed by atoms with Crippen LogP contribution in [0.15, 0.2) is 30.5 Å². The van der Waals surface area contributed by atoms with Gasteiger partial charge >= 0.3 is 12.1 Å². The van der Waals surface area contributed by atoms with Crippen molar-refractivity contribution >= 4 is 23.0 Å². The second kappa shape index (κ2) is 7.55. The van der Waals surface area contributed by atoms with Gasteiger partial charge < -0.3 is 14.4 Å². The number of methoxy groups -OCH3 is 1. The van der Waals surface area contributed by atoms with E-state index in [0.717, 1.165) is 29.3 Å². The van der Waals surface area contributed by atoms with Gasteiger partial charge in [-0.25, -0.2) is 9.59 Å². The number of likely N-dealkylation sites (tertiary alicyclic amines) is 1. The number of rotatable bonds is 2. The van der Waals surface area contributed by atoms with Gasteiger partial charge in [-0.05, 0) is 69.4 Å². The van der Waals surface area contributed by atoms with Crippen LogP contribution in [-0.2, 0) is 9.47 Å². The maximum atomic E-state index is 12.3. The van der Waals surface area contributed by atoms with E-state index in [9.17, 15) is 9.59 Å². The zero-order chi connectivity index (χ0) is 19.6. The Kier molecular flexibility index (Phi) is 5.35. The van der Waals surface area contributed by atoms with E-state index in [1.807, 2.05) is 39.0 Å². The molecule has 144 valence electrons. The highest BCUT2D eigenvalue weighted by Gasteiger charge is 2.28. The average Bonchev–Trinajstić information content (AvgIpc) is 2.65. The van der Waals surface area contributed by atoms with Gasteiger partial charge in [0.05, 0.1) is 18.2 Å². The van der Waals surface area contributed by atoms with Gasteiger partial charge in [0, 0.05) is 24.7 Å². The van der Waals surface area contributed by atoms with E-state index < -0.39 is 5.60 Å². The van der Waals surface area contributed by atoms with Crippen molar-refractivity contribution < 1.29 is 19.1 Å². The SMILES string of the molecule is COC(=O)c1ccc2nccc(C3CCN(C(=O)OC(C)(C)C)CC3)c2c1. The van der Waals surface area contributed by atoms with E-state index in [0.29, 0.717) is 24.6 Å². The summed E-state index contributed by atoms with van der Waals surface area (Å²) in [4.78, 5) is 30.3. The largest absolute Gasteiger partial charge is 0.465 e. The van der Waals surface area contributed by atoms with Gasteiger partial charge in [-0.3, -0.25) is 4.98 Å². The first kappa shape index (κ1) is 19.1. The van der Waals surface area contributed by atoms with Gasteiger partial charge in [0.1, 0.15) is 5.60 Å². The molecule has 0 saturated carbocycles. The summed E-state index contributed by atoms with van der Waals surface area (Å²) in [5.74, 6) is -0.0477. The predicted octanol–water partition coefficient (Wildman–Crippen LogP) is 4.14. The fourth-order valence-electron chi connectivity index (χ4n) is 3.47. The number of aromatic nitrogens is 1. The summed E-state index contributed by atoms with van der Waals surface area (Å²) < 4.78 is 10.3. The first-order chi connectivity index (χ1) is 12.8. The maximum Gasteiger partial charge on any atom is 0.410 e. The molecule has 6 heteroatoms. The lowest BCUT2D eigenvalue weighted by molar-refractivity contribution is 0.0205. The topological polar surface area (TPSA) is 68.7 Å². The van der Waals surface area contributed by atoms with Crippen molar-refractivity contribution in [1.29, 1.82) is 0 Å². The molecule has 2 heterocycles. The minimum absolute atomic E-state index is 0.256. The molecule has 0 bridgehead atoms. The minimum atomic E-state index is -0.487. The second-order valence-electron chi connectivity index (χ2n) is 7.87. The third kappa shape index (κ3) is 4.38. The third-order valence-electron chi connectivity index (χ3n) is 4.78. The van der Waals surface area contributed by atoms with Crippen molar-refractivity contribution in [1.82, 2.24) is 9.88 Å². The van der Waals surface area contributed by atoms with Crippen molar-refractivity contribution in [3.8, 4) is 0 Å². The molecular formula is C21H26N2O4. The Morgan fingerprint density at radius 3 is 2.48 bits per heavy atom. The van der Waals surface area contributed by atoms with Crippen molar-refractivity contribution in [3.05, 3.63) is 41.6 Å². The molecule has 1 aliphatic heterocycles. The van der Waals surface area contributed by atoms with Gasteiger partial charge in [0.15, 0.2) is 0 Å². The van der Waals surface area contributed by atoms with E-state index >= 15 is 0 Å². The van der Waals surface area contributed by atoms with Crippen LogP contribution in [0.3, 0.4) is 0 Å². The number of benzene rings is 1. The van der Waals surface area contributed by atoms with Gasteiger partial charge in [0.25, 0.3) is 0 Å². The first-order valence-corrected chi connectivity index (χ1v) is 9.23. The summed E-state index contributed by atoms with van der Waals surface area (Å²) in [6, 6.07) is 7.44. The number of carbonyl (C=O) groups excluding carboxylic acids is 2. The molecule has 1 aromatic carbocycles. The molecule has 3 rings (SSSR count). The van der Waals surface area contributed by atoms with Crippen LogP contribution < -0.4 is 0 Å². The average molecular weight is 370 g/mol. The van der Waals surface area contributed by atoms with Gasteiger partial charge in [0.2, 0.25) is 0 Å². The number of hydrogen-bond acceptors (Lipinski definition) is 5. The monoisotopic (exact) mass is 370 g/mol. The number of piperidine rings is 1. The smallest absolute Gasteiger partial charge is 0.410 e. The van der Waals surface area contributed by atoms with Crippen molar-refractivity contribution in [2.45, 2.75) is 45.1 Å². The molecule has 0 N–H and O–H groups in total. The van der Waals surface area contributed by atoms with Gasteiger partial charge in [-0.1, -0.05) is 0 Å². The number of fused-ring (bicyclic) bond motifs is 1. The molecule has 27 heavy (non-hydrogen) atoms. The lowest BCUT2D eigenvalue weighted by atomic mass is 9.87. The molecule has 0 aliphatic carbocycles. The third-order valence-corrected chi connectivity index (χ3v) is 4.78. The van der Waals surface area contributed by atoms with Crippen LogP contribution in [0.5, 0.6) is 0 Å². The van der Waals surface area contributed by atoms with E-state index in [4.69, 9.17) is 9.47 Å². The van der Waals surface area contributed by atoms with E-state index in [1.54, 1.807) is 17.2 Å². The molecule has 1 saturated heterocycles. The Morgan fingerprint density at radius 2 is 1.85 bits per heavy atom. The molecule has 6 nitrogen and oxygen atoms in total. The van der Waals surface area contributed by atoms with Crippen LogP contribution in [0.4, 0.5) is 4.79 Å². The van der Waals surface area contributed by atoms with Gasteiger partial charge in [-0.2, -0.15) is 0 Å². The van der Waals surface area contributed by atoms with E-state index in [2.05, 4.69) is 4.98 Å². The van der Waals surface area contributed by atoms with Crippen molar-refractivity contribution in [3.63, 3.8) is 0 Å². The van der Waals surface area contributed by atoms with Crippen LogP contribution in [-0.4, -0.2) is 47.7 Å². The lowest BCUT2D eigenvalue weighted by Gasteiger charge is -2.34. The molecule has 1 aromatic heterocycles. The zero-order valence-corrected chi connectivity index (χ0v) is 16.3. The van der Waals surface area contributed by atoms with E-state index in [-0.39, 0.29) is 12.1 Å². The summed E-state index contributed by atoms with van der Waals surface area (Å²) in [7, 11) is 1.38. The Bertz CT molecular complexity index is 849. The summed E-state index contributed by atoms with van der Waals surface area (Å²) in [5.41, 5.74) is 2.05. The molecule has 0 radical (unpaired) electrons. The Balaban J connectivity index is 1.79. The molecule has 2 aromatic rings. The Morgan fingerprint density at radius 1 is 1.15 bits per heavy atom. The Hall–Kier alpha value is -2.63. The fourth-order valence-corrected chi connectivity index (χ4v) is 3.47. The Labute approximate surface area is 159 Å². The number of amides is 1. The molecule has 0 atom stereocenters. The highest BCUT2D eigenvalue weighted by atomic mass is 16.6. The molecular weight excluding hydrogens is 344 g/mol. The highest BCUT2D eigenvalue weighted by molar-refractivity contribution is 5.95. The summed E-state index contributed by atoms with van der Waals surface area (Å²) in [6.45, 7) is 6.93. The first-order valence-electron chi connectivity index (χ1n) is 9.23. The van der Waals surface area contributed by atoms with Crippen molar-refractivity contribution in [2.75, 3.05) is 20.2 Å². The van der Waals surface area contributed by atoms with Gasteiger partial charge in [-0.15, -0.1) is 0 Å². The molecule has 0 unspecified atom stereocenters. The fraction of sp³-hybridized carbons (Fsp3) is 0.476. The van der Waals surface area contributed by atoms with E-state index in [1.165, 1.54) is 7.11 Å². The number of ether oxygens (including phenoxy) is 2. The number of carbonyl (C=O) groups is 2. The number of nitrogens with zero attached hydrogens (tertiary/aromatic N) is 2. The highest BCUT2D eigenvalue weighted by Crippen LogP contribution is 2.33. The van der Waals surface area contributed by atoms with Crippen molar-refractivity contribution in [2.24, 2.45) is 0 Å². The standard InChI is InChI=1S/C21H26N2O4/c1-21(2,3)27-20(25)23-11-8-14(9-12-23)16-7-10-22-18-6-5-15(13-17(16)18)19(24)26-4/h5-7,10,13-14H,8-9,11-12H2,1-4H3. The minimum Gasteiger partial charge on any atom is -0.465 e. The molecule has 0 spiro atoms. The molecule has 1 aliphatic rings. The zero-order valence-electron chi connectivity index (χ0n) is 16.3. The predicted molar refractivity (Wildman–Crippen MR) is 103 cm³/mol. The molecule has 1 amide bonds. The van der Waals surface area contributed by atoms with Crippen LogP contribution in [0.2, 0.25) is 0 Å². The quantitative estimate of drug-likeness (QED) is 0.743. The maximum absolute atomic E-state index is 12.3. The van der Waals surface area contributed by atoms with Crippen LogP contribution in [0.1, 0.15) is 55.5 Å². The number of esters is 1. The van der Waals surface area contributed by atoms with Crippen LogP contribution in [0, 0.1) is 0 Å². The van der Waals surface area contributed by atoms with Crippen LogP contribution >= 0.6 is 0 Å². The van der Waals surface area contributed by atoms with Crippen LogP contribution in [0.25, 0.3) is 10.9 Å². The lowest BCUT2D eigenvalue weighted by Crippen LogP contribution is -2.41. The number of pyridine rings is 1. The summed E-state index contributed by atoms with van der Waals surface area (Å²) in [6.07, 6.45) is 3.24. The normalized spacial score (nSPS) is 15.6. The summed E-state index contributed by atoms with van der Waals surface area (Å²) >= 11 is 0. The molecule has 1 fully saturated rings.